The van der Waals surface area contributed by atoms with Gasteiger partial charge in [0.15, 0.2) is 0 Å². The third-order valence-electron chi connectivity index (χ3n) is 2.82. The van der Waals surface area contributed by atoms with Crippen molar-refractivity contribution in [3.63, 3.8) is 0 Å². The first-order valence-corrected chi connectivity index (χ1v) is 6.40. The van der Waals surface area contributed by atoms with Crippen molar-refractivity contribution >= 4 is 17.3 Å². The molecular formula is C15H12F4N2O. The number of amides is 1. The van der Waals surface area contributed by atoms with Gasteiger partial charge in [-0.15, -0.1) is 0 Å². The van der Waals surface area contributed by atoms with E-state index in [1.54, 1.807) is 0 Å². The highest BCUT2D eigenvalue weighted by Crippen LogP contribution is 2.18. The molecule has 2 rings (SSSR count). The molecule has 2 aromatic carbocycles. The summed E-state index contributed by atoms with van der Waals surface area (Å²) in [5.41, 5.74) is -0.494. The predicted molar refractivity (Wildman–Crippen MR) is 74.5 cm³/mol. The Kier molecular flexibility index (Phi) is 4.98. The maximum absolute atomic E-state index is 13.3. The molecule has 0 aliphatic carbocycles. The van der Waals surface area contributed by atoms with Crippen LogP contribution in [0.2, 0.25) is 0 Å². The molecule has 0 heterocycles. The van der Waals surface area contributed by atoms with E-state index in [0.717, 1.165) is 24.3 Å². The van der Waals surface area contributed by atoms with Crippen LogP contribution < -0.4 is 10.6 Å². The molecule has 2 aromatic rings. The van der Waals surface area contributed by atoms with Gasteiger partial charge in [0.05, 0.1) is 5.69 Å². The van der Waals surface area contributed by atoms with E-state index in [9.17, 15) is 22.4 Å². The average molecular weight is 312 g/mol. The molecule has 0 aliphatic rings. The average Bonchev–Trinajstić information content (AvgIpc) is 2.45. The van der Waals surface area contributed by atoms with Crippen molar-refractivity contribution in [2.45, 2.75) is 6.42 Å². The lowest BCUT2D eigenvalue weighted by molar-refractivity contribution is -0.116. The van der Waals surface area contributed by atoms with Crippen LogP contribution in [0.1, 0.15) is 6.42 Å². The van der Waals surface area contributed by atoms with Gasteiger partial charge in [0.1, 0.15) is 29.0 Å². The smallest absolute Gasteiger partial charge is 0.226 e. The zero-order valence-electron chi connectivity index (χ0n) is 11.3. The number of para-hydroxylation sites is 1. The number of hydrogen-bond acceptors (Lipinski definition) is 2. The summed E-state index contributed by atoms with van der Waals surface area (Å²) < 4.78 is 52.7. The van der Waals surface area contributed by atoms with Gasteiger partial charge in [0.25, 0.3) is 0 Å². The normalized spacial score (nSPS) is 10.4. The quantitative estimate of drug-likeness (QED) is 0.827. The monoisotopic (exact) mass is 312 g/mol. The first kappa shape index (κ1) is 15.8. The third-order valence-corrected chi connectivity index (χ3v) is 2.82. The van der Waals surface area contributed by atoms with Crippen LogP contribution in [-0.2, 0) is 4.79 Å². The van der Waals surface area contributed by atoms with Crippen LogP contribution in [0.15, 0.2) is 36.4 Å². The van der Waals surface area contributed by atoms with Crippen LogP contribution in [0.25, 0.3) is 0 Å². The number of rotatable bonds is 5. The standard InChI is InChI=1S/C15H12F4N2O/c16-9-4-5-13(12(19)8-9)21-14(22)6-7-20-15-10(17)2-1-3-11(15)18/h1-5,8,20H,6-7H2,(H,21,22). The minimum atomic E-state index is -0.901. The summed E-state index contributed by atoms with van der Waals surface area (Å²) >= 11 is 0. The van der Waals surface area contributed by atoms with E-state index in [1.165, 1.54) is 6.07 Å². The van der Waals surface area contributed by atoms with Gasteiger partial charge in [0.2, 0.25) is 5.91 Å². The minimum Gasteiger partial charge on any atom is -0.380 e. The lowest BCUT2D eigenvalue weighted by Crippen LogP contribution is -2.17. The largest absolute Gasteiger partial charge is 0.380 e. The van der Waals surface area contributed by atoms with Crippen LogP contribution in [-0.4, -0.2) is 12.5 Å². The summed E-state index contributed by atoms with van der Waals surface area (Å²) in [6, 6.07) is 6.12. The Morgan fingerprint density at radius 1 is 0.955 bits per heavy atom. The van der Waals surface area contributed by atoms with Gasteiger partial charge in [-0.3, -0.25) is 4.79 Å². The molecule has 0 aromatic heterocycles. The highest BCUT2D eigenvalue weighted by Gasteiger charge is 2.10. The van der Waals surface area contributed by atoms with Gasteiger partial charge in [-0.2, -0.15) is 0 Å². The van der Waals surface area contributed by atoms with Crippen LogP contribution in [0.3, 0.4) is 0 Å². The summed E-state index contributed by atoms with van der Waals surface area (Å²) in [5.74, 6) is -3.78. The SMILES string of the molecule is O=C(CCNc1c(F)cccc1F)Nc1ccc(F)cc1F. The number of carbonyl (C=O) groups excluding carboxylic acids is 1. The Bertz CT molecular complexity index is 671. The van der Waals surface area contributed by atoms with Crippen LogP contribution in [0.4, 0.5) is 28.9 Å². The van der Waals surface area contributed by atoms with Crippen LogP contribution in [0, 0.1) is 23.3 Å². The molecule has 0 radical (unpaired) electrons. The molecular weight excluding hydrogens is 300 g/mol. The van der Waals surface area contributed by atoms with E-state index in [1.807, 2.05) is 0 Å². The molecule has 7 heteroatoms. The van der Waals surface area contributed by atoms with Crippen molar-refractivity contribution in [3.05, 3.63) is 59.7 Å². The molecule has 0 fully saturated rings. The molecule has 2 N–H and O–H groups in total. The molecule has 0 bridgehead atoms. The van der Waals surface area contributed by atoms with E-state index in [2.05, 4.69) is 10.6 Å². The Morgan fingerprint density at radius 3 is 2.27 bits per heavy atom. The van der Waals surface area contributed by atoms with Crippen molar-refractivity contribution < 1.29 is 22.4 Å². The molecule has 0 atom stereocenters. The second-order valence-electron chi connectivity index (χ2n) is 4.45. The lowest BCUT2D eigenvalue weighted by atomic mass is 10.2. The molecule has 0 spiro atoms. The lowest BCUT2D eigenvalue weighted by Gasteiger charge is -2.09. The van der Waals surface area contributed by atoms with Gasteiger partial charge in [-0.1, -0.05) is 6.07 Å². The van der Waals surface area contributed by atoms with Gasteiger partial charge >= 0.3 is 0 Å². The predicted octanol–water partition coefficient (Wildman–Crippen LogP) is 3.68. The Balaban J connectivity index is 1.88. The van der Waals surface area contributed by atoms with Crippen molar-refractivity contribution in [2.24, 2.45) is 0 Å². The van der Waals surface area contributed by atoms with Gasteiger partial charge < -0.3 is 10.6 Å². The summed E-state index contributed by atoms with van der Waals surface area (Å²) in [7, 11) is 0. The minimum absolute atomic E-state index is 0.0491. The Labute approximate surface area is 124 Å². The number of carbonyl (C=O) groups is 1. The molecule has 1 amide bonds. The second-order valence-corrected chi connectivity index (χ2v) is 4.45. The fraction of sp³-hybridized carbons (Fsp3) is 0.133. The first-order valence-electron chi connectivity index (χ1n) is 6.40. The molecule has 0 saturated carbocycles. The maximum Gasteiger partial charge on any atom is 0.226 e. The van der Waals surface area contributed by atoms with Gasteiger partial charge in [0, 0.05) is 19.0 Å². The maximum atomic E-state index is 13.3. The summed E-state index contributed by atoms with van der Waals surface area (Å²) in [6.07, 6.45) is -0.148. The number of halogens is 4. The van der Waals surface area contributed by atoms with Gasteiger partial charge in [-0.05, 0) is 24.3 Å². The summed E-state index contributed by atoms with van der Waals surface area (Å²) in [4.78, 5) is 11.6. The molecule has 0 saturated heterocycles. The highest BCUT2D eigenvalue weighted by atomic mass is 19.1. The van der Waals surface area contributed by atoms with E-state index in [4.69, 9.17) is 0 Å². The topological polar surface area (TPSA) is 41.1 Å². The molecule has 3 nitrogen and oxygen atoms in total. The van der Waals surface area contributed by atoms with Crippen molar-refractivity contribution in [1.82, 2.24) is 0 Å². The van der Waals surface area contributed by atoms with Crippen molar-refractivity contribution in [1.29, 1.82) is 0 Å². The fourth-order valence-corrected chi connectivity index (χ4v) is 1.77. The molecule has 116 valence electrons. The van der Waals surface area contributed by atoms with Crippen LogP contribution >= 0.6 is 0 Å². The number of benzene rings is 2. The molecule has 0 unspecified atom stereocenters. The van der Waals surface area contributed by atoms with E-state index < -0.39 is 29.2 Å². The zero-order chi connectivity index (χ0) is 16.1. The first-order chi connectivity index (χ1) is 10.5. The van der Waals surface area contributed by atoms with Crippen molar-refractivity contribution in [2.75, 3.05) is 17.2 Å². The molecule has 0 aliphatic heterocycles. The Morgan fingerprint density at radius 2 is 1.64 bits per heavy atom. The number of hydrogen-bond donors (Lipinski definition) is 2. The highest BCUT2D eigenvalue weighted by molar-refractivity contribution is 5.91. The summed E-state index contributed by atoms with van der Waals surface area (Å²) in [5, 5.41) is 4.70. The molecule has 22 heavy (non-hydrogen) atoms. The number of nitrogens with one attached hydrogen (secondary N) is 2. The Hall–Kier alpha value is -2.57. The van der Waals surface area contributed by atoms with E-state index in [-0.39, 0.29) is 24.3 Å². The zero-order valence-corrected chi connectivity index (χ0v) is 11.3. The van der Waals surface area contributed by atoms with Crippen molar-refractivity contribution in [3.8, 4) is 0 Å². The van der Waals surface area contributed by atoms with E-state index in [0.29, 0.717) is 6.07 Å². The second kappa shape index (κ2) is 6.93. The number of anilines is 2. The van der Waals surface area contributed by atoms with E-state index >= 15 is 0 Å². The summed E-state index contributed by atoms with van der Waals surface area (Å²) in [6.45, 7) is -0.0491. The third kappa shape index (κ3) is 3.97. The van der Waals surface area contributed by atoms with Crippen LogP contribution in [0.5, 0.6) is 0 Å². The fourth-order valence-electron chi connectivity index (χ4n) is 1.77. The van der Waals surface area contributed by atoms with Gasteiger partial charge in [-0.25, -0.2) is 17.6 Å².